The van der Waals surface area contributed by atoms with E-state index in [9.17, 15) is 0 Å². The van der Waals surface area contributed by atoms with Crippen LogP contribution in [0.25, 0.3) is 0 Å². The molecule has 0 unspecified atom stereocenters. The van der Waals surface area contributed by atoms with Crippen molar-refractivity contribution in [2.24, 2.45) is 5.73 Å². The van der Waals surface area contributed by atoms with Crippen LogP contribution in [0.5, 0.6) is 0 Å². The Labute approximate surface area is 126 Å². The molecule has 0 spiro atoms. The van der Waals surface area contributed by atoms with E-state index in [2.05, 4.69) is 15.3 Å². The molecule has 0 atom stereocenters. The summed E-state index contributed by atoms with van der Waals surface area (Å²) in [7, 11) is 0. The smallest absolute Gasteiger partial charge is 0.227 e. The molecule has 0 saturated heterocycles. The summed E-state index contributed by atoms with van der Waals surface area (Å²) in [6.45, 7) is 1.89. The number of nitrogens with zero attached hydrogens (tertiary/aromatic N) is 2. The van der Waals surface area contributed by atoms with Crippen molar-refractivity contribution in [1.82, 2.24) is 9.97 Å². The van der Waals surface area contributed by atoms with Gasteiger partial charge in [-0.15, -0.1) is 0 Å². The molecule has 0 fully saturated rings. The lowest BCUT2D eigenvalue weighted by Gasteiger charge is -2.11. The van der Waals surface area contributed by atoms with Crippen molar-refractivity contribution in [2.75, 3.05) is 5.32 Å². The van der Waals surface area contributed by atoms with Gasteiger partial charge in [0.05, 0.1) is 15.7 Å². The van der Waals surface area contributed by atoms with Crippen LogP contribution in [0, 0.1) is 6.92 Å². The molecule has 0 radical (unpaired) electrons. The van der Waals surface area contributed by atoms with Gasteiger partial charge in [0.1, 0.15) is 10.7 Å². The lowest BCUT2D eigenvalue weighted by atomic mass is 10.2. The molecule has 2 aromatic rings. The van der Waals surface area contributed by atoms with Gasteiger partial charge < -0.3 is 11.1 Å². The summed E-state index contributed by atoms with van der Waals surface area (Å²) in [4.78, 5) is 8.45. The van der Waals surface area contributed by atoms with Gasteiger partial charge in [0.25, 0.3) is 0 Å². The first kappa shape index (κ1) is 14.0. The molecule has 2 rings (SSSR count). The third-order valence-corrected chi connectivity index (χ3v) is 3.44. The SMILES string of the molecule is Cc1ccc(Cl)c(Nc2nccc(C(N)=S)n2)c1Cl. The van der Waals surface area contributed by atoms with Crippen molar-refractivity contribution in [1.29, 1.82) is 0 Å². The van der Waals surface area contributed by atoms with Crippen molar-refractivity contribution in [3.05, 3.63) is 45.7 Å². The summed E-state index contributed by atoms with van der Waals surface area (Å²) < 4.78 is 0. The van der Waals surface area contributed by atoms with Gasteiger partial charge in [-0.25, -0.2) is 9.97 Å². The van der Waals surface area contributed by atoms with E-state index < -0.39 is 0 Å². The topological polar surface area (TPSA) is 63.8 Å². The van der Waals surface area contributed by atoms with Gasteiger partial charge in [0, 0.05) is 6.20 Å². The quantitative estimate of drug-likeness (QED) is 0.850. The summed E-state index contributed by atoms with van der Waals surface area (Å²) in [5, 5.41) is 3.99. The first-order chi connectivity index (χ1) is 8.99. The molecule has 0 aliphatic heterocycles. The molecule has 1 heterocycles. The van der Waals surface area contributed by atoms with Crippen LogP contribution in [-0.2, 0) is 0 Å². The first-order valence-corrected chi connectivity index (χ1v) is 6.50. The molecular formula is C12H10Cl2N4S. The number of rotatable bonds is 3. The fourth-order valence-corrected chi connectivity index (χ4v) is 2.02. The first-order valence-electron chi connectivity index (χ1n) is 5.33. The predicted octanol–water partition coefficient (Wildman–Crippen LogP) is 3.47. The van der Waals surface area contributed by atoms with Gasteiger partial charge >= 0.3 is 0 Å². The molecule has 1 aromatic carbocycles. The number of nitrogens with one attached hydrogen (secondary N) is 1. The second-order valence-corrected chi connectivity index (χ2v) is 5.03. The standard InChI is InChI=1S/C12H10Cl2N4S/c1-6-2-3-7(13)10(9(6)14)18-12-16-5-4-8(17-12)11(15)19/h2-5H,1H3,(H2,15,19)(H,16,17,18). The van der Waals surface area contributed by atoms with E-state index in [1.807, 2.05) is 13.0 Å². The monoisotopic (exact) mass is 312 g/mol. The van der Waals surface area contributed by atoms with E-state index in [1.54, 1.807) is 18.3 Å². The third-order valence-electron chi connectivity index (χ3n) is 2.43. The van der Waals surface area contributed by atoms with Gasteiger partial charge in [-0.2, -0.15) is 0 Å². The fraction of sp³-hybridized carbons (Fsp3) is 0.0833. The Hall–Kier alpha value is -1.43. The number of aryl methyl sites for hydroxylation is 1. The normalized spacial score (nSPS) is 10.3. The van der Waals surface area contributed by atoms with Crippen LogP contribution >= 0.6 is 35.4 Å². The van der Waals surface area contributed by atoms with Crippen molar-refractivity contribution >= 4 is 52.0 Å². The zero-order valence-electron chi connectivity index (χ0n) is 9.95. The molecule has 0 aliphatic rings. The Morgan fingerprint density at radius 3 is 2.74 bits per heavy atom. The highest BCUT2D eigenvalue weighted by atomic mass is 35.5. The minimum Gasteiger partial charge on any atom is -0.388 e. The number of benzene rings is 1. The Kier molecular flexibility index (Phi) is 4.19. The molecule has 0 saturated carbocycles. The Bertz CT molecular complexity index is 646. The van der Waals surface area contributed by atoms with Crippen molar-refractivity contribution in [3.8, 4) is 0 Å². The van der Waals surface area contributed by atoms with Crippen LogP contribution < -0.4 is 11.1 Å². The number of anilines is 2. The van der Waals surface area contributed by atoms with E-state index in [1.165, 1.54) is 0 Å². The van der Waals surface area contributed by atoms with Crippen molar-refractivity contribution in [3.63, 3.8) is 0 Å². The van der Waals surface area contributed by atoms with E-state index in [0.717, 1.165) is 5.56 Å². The number of thiocarbonyl (C=S) groups is 1. The molecule has 0 bridgehead atoms. The van der Waals surface area contributed by atoms with Crippen LogP contribution in [0.15, 0.2) is 24.4 Å². The van der Waals surface area contributed by atoms with E-state index in [-0.39, 0.29) is 4.99 Å². The lowest BCUT2D eigenvalue weighted by Crippen LogP contribution is -2.13. The van der Waals surface area contributed by atoms with Gasteiger partial charge in [-0.05, 0) is 24.6 Å². The largest absolute Gasteiger partial charge is 0.388 e. The molecule has 0 amide bonds. The molecule has 0 aliphatic carbocycles. The maximum atomic E-state index is 6.20. The maximum Gasteiger partial charge on any atom is 0.227 e. The van der Waals surface area contributed by atoms with E-state index >= 15 is 0 Å². The van der Waals surface area contributed by atoms with Crippen molar-refractivity contribution in [2.45, 2.75) is 6.92 Å². The van der Waals surface area contributed by atoms with Crippen molar-refractivity contribution < 1.29 is 0 Å². The molecular weight excluding hydrogens is 303 g/mol. The van der Waals surface area contributed by atoms with E-state index in [0.29, 0.717) is 27.4 Å². The van der Waals surface area contributed by atoms with Gasteiger partial charge in [0.2, 0.25) is 5.95 Å². The Morgan fingerprint density at radius 2 is 2.05 bits per heavy atom. The number of nitrogens with two attached hydrogens (primary N) is 1. The Morgan fingerprint density at radius 1 is 1.32 bits per heavy atom. The fourth-order valence-electron chi connectivity index (χ4n) is 1.44. The highest BCUT2D eigenvalue weighted by Crippen LogP contribution is 2.34. The molecule has 7 heteroatoms. The van der Waals surface area contributed by atoms with Crippen LogP contribution in [0.2, 0.25) is 10.0 Å². The lowest BCUT2D eigenvalue weighted by molar-refractivity contribution is 1.15. The van der Waals surface area contributed by atoms with Gasteiger partial charge in [-0.1, -0.05) is 41.5 Å². The number of hydrogen-bond acceptors (Lipinski definition) is 4. The summed E-state index contributed by atoms with van der Waals surface area (Å²) in [5.74, 6) is 0.333. The number of hydrogen-bond donors (Lipinski definition) is 2. The van der Waals surface area contributed by atoms with Crippen LogP contribution in [-0.4, -0.2) is 15.0 Å². The minimum atomic E-state index is 0.201. The molecule has 19 heavy (non-hydrogen) atoms. The predicted molar refractivity (Wildman–Crippen MR) is 82.4 cm³/mol. The second-order valence-electron chi connectivity index (χ2n) is 3.81. The molecule has 3 N–H and O–H groups in total. The summed E-state index contributed by atoms with van der Waals surface area (Å²) >= 11 is 17.2. The highest BCUT2D eigenvalue weighted by Gasteiger charge is 2.10. The molecule has 1 aromatic heterocycles. The summed E-state index contributed by atoms with van der Waals surface area (Å²) in [6, 6.07) is 5.22. The molecule has 4 nitrogen and oxygen atoms in total. The Balaban J connectivity index is 2.39. The van der Waals surface area contributed by atoms with E-state index in [4.69, 9.17) is 41.2 Å². The average molecular weight is 313 g/mol. The van der Waals surface area contributed by atoms with Crippen LogP contribution in [0.3, 0.4) is 0 Å². The zero-order chi connectivity index (χ0) is 14.0. The van der Waals surface area contributed by atoms with Gasteiger partial charge in [-0.3, -0.25) is 0 Å². The summed E-state index contributed by atoms with van der Waals surface area (Å²) in [5.41, 5.74) is 7.46. The number of aromatic nitrogens is 2. The highest BCUT2D eigenvalue weighted by molar-refractivity contribution is 7.80. The second kappa shape index (κ2) is 5.69. The minimum absolute atomic E-state index is 0.201. The van der Waals surface area contributed by atoms with Crippen LogP contribution in [0.4, 0.5) is 11.6 Å². The van der Waals surface area contributed by atoms with Crippen LogP contribution in [0.1, 0.15) is 11.3 Å². The number of halogens is 2. The third kappa shape index (κ3) is 3.12. The molecule has 98 valence electrons. The summed E-state index contributed by atoms with van der Waals surface area (Å²) in [6.07, 6.45) is 1.56. The van der Waals surface area contributed by atoms with Gasteiger partial charge in [0.15, 0.2) is 0 Å². The maximum absolute atomic E-state index is 6.20. The average Bonchev–Trinajstić information content (AvgIpc) is 2.39. The zero-order valence-corrected chi connectivity index (χ0v) is 12.3.